The Kier molecular flexibility index (Phi) is 3.79. The largest absolute Gasteiger partial charge is 0.368 e. The Labute approximate surface area is 113 Å². The second kappa shape index (κ2) is 5.20. The van der Waals surface area contributed by atoms with Gasteiger partial charge in [-0.1, -0.05) is 19.8 Å². The number of carbonyl (C=O) groups is 2. The zero-order valence-electron chi connectivity index (χ0n) is 11.4. The summed E-state index contributed by atoms with van der Waals surface area (Å²) in [7, 11) is 0. The minimum atomic E-state index is -0.905. The van der Waals surface area contributed by atoms with Crippen molar-refractivity contribution in [1.82, 2.24) is 4.90 Å². The summed E-state index contributed by atoms with van der Waals surface area (Å²) in [5.74, 6) is -0.276. The van der Waals surface area contributed by atoms with Gasteiger partial charge in [-0.3, -0.25) is 9.59 Å². The van der Waals surface area contributed by atoms with Crippen molar-refractivity contribution in [3.05, 3.63) is 0 Å². The summed E-state index contributed by atoms with van der Waals surface area (Å²) in [6.07, 6.45) is 5.17. The van der Waals surface area contributed by atoms with Crippen molar-refractivity contribution in [3.8, 4) is 6.07 Å². The average Bonchev–Trinajstić information content (AvgIpc) is 2.84. The molecule has 2 amide bonds. The highest BCUT2D eigenvalue weighted by molar-refractivity contribution is 5.90. The molecule has 2 fully saturated rings. The van der Waals surface area contributed by atoms with E-state index < -0.39 is 11.3 Å². The van der Waals surface area contributed by atoms with Gasteiger partial charge in [0.2, 0.25) is 11.8 Å². The van der Waals surface area contributed by atoms with Crippen LogP contribution in [-0.2, 0) is 9.59 Å². The van der Waals surface area contributed by atoms with Gasteiger partial charge in [0.1, 0.15) is 5.41 Å². The Morgan fingerprint density at radius 2 is 1.95 bits per heavy atom. The summed E-state index contributed by atoms with van der Waals surface area (Å²) < 4.78 is 0. The molecular weight excluding hydrogens is 242 g/mol. The van der Waals surface area contributed by atoms with E-state index in [1.165, 1.54) is 0 Å². The highest BCUT2D eigenvalue weighted by Crippen LogP contribution is 2.47. The number of hydrogen-bond donors (Lipinski definition) is 1. The predicted octanol–water partition coefficient (Wildman–Crippen LogP) is 1.18. The van der Waals surface area contributed by atoms with Crippen LogP contribution < -0.4 is 5.73 Å². The van der Waals surface area contributed by atoms with E-state index in [-0.39, 0.29) is 18.5 Å². The molecule has 0 aliphatic heterocycles. The Morgan fingerprint density at radius 1 is 1.37 bits per heavy atom. The molecule has 2 aliphatic rings. The molecule has 0 aromatic rings. The molecule has 2 rings (SSSR count). The molecule has 0 aromatic carbocycles. The molecular formula is C14H21N3O2. The van der Waals surface area contributed by atoms with E-state index >= 15 is 0 Å². The predicted molar refractivity (Wildman–Crippen MR) is 69.6 cm³/mol. The maximum atomic E-state index is 12.6. The van der Waals surface area contributed by atoms with E-state index in [0.29, 0.717) is 18.8 Å². The van der Waals surface area contributed by atoms with E-state index in [2.05, 4.69) is 6.07 Å². The first-order chi connectivity index (χ1) is 8.98. The Bertz CT molecular complexity index is 415. The van der Waals surface area contributed by atoms with Crippen LogP contribution in [0.2, 0.25) is 0 Å². The highest BCUT2D eigenvalue weighted by Gasteiger charge is 2.51. The van der Waals surface area contributed by atoms with Gasteiger partial charge in [0.15, 0.2) is 0 Å². The first-order valence-electron chi connectivity index (χ1n) is 6.99. The van der Waals surface area contributed by atoms with Gasteiger partial charge in [-0.25, -0.2) is 0 Å². The van der Waals surface area contributed by atoms with E-state index in [1.54, 1.807) is 4.90 Å². The lowest BCUT2D eigenvalue weighted by Gasteiger charge is -2.43. The lowest BCUT2D eigenvalue weighted by atomic mass is 9.62. The summed E-state index contributed by atoms with van der Waals surface area (Å²) in [5, 5.41) is 9.34. The molecule has 0 bridgehead atoms. The van der Waals surface area contributed by atoms with Crippen molar-refractivity contribution >= 4 is 11.8 Å². The van der Waals surface area contributed by atoms with E-state index in [0.717, 1.165) is 25.7 Å². The molecule has 19 heavy (non-hydrogen) atoms. The van der Waals surface area contributed by atoms with E-state index in [1.807, 2.05) is 6.92 Å². The Morgan fingerprint density at radius 3 is 2.37 bits per heavy atom. The fourth-order valence-corrected chi connectivity index (χ4v) is 3.47. The normalized spacial score (nSPS) is 30.4. The zero-order chi connectivity index (χ0) is 14.0. The molecule has 104 valence electrons. The SMILES string of the molecule is CC1CC(C#N)(C(=O)N(CC(N)=O)C2CCCC2)C1. The second-order valence-corrected chi connectivity index (χ2v) is 6.04. The molecule has 5 heteroatoms. The van der Waals surface area contributed by atoms with Gasteiger partial charge < -0.3 is 10.6 Å². The third kappa shape index (κ3) is 2.58. The minimum Gasteiger partial charge on any atom is -0.368 e. The third-order valence-corrected chi connectivity index (χ3v) is 4.37. The third-order valence-electron chi connectivity index (χ3n) is 4.37. The standard InChI is InChI=1S/C14H21N3O2/c1-10-6-14(7-10,9-15)13(19)17(8-12(16)18)11-4-2-3-5-11/h10-11H,2-8H2,1H3,(H2,16,18). The van der Waals surface area contributed by atoms with Gasteiger partial charge in [0, 0.05) is 6.04 Å². The van der Waals surface area contributed by atoms with Gasteiger partial charge in [-0.05, 0) is 31.6 Å². The highest BCUT2D eigenvalue weighted by atomic mass is 16.2. The molecule has 0 heterocycles. The van der Waals surface area contributed by atoms with Crippen LogP contribution in [0.5, 0.6) is 0 Å². The van der Waals surface area contributed by atoms with Crippen LogP contribution >= 0.6 is 0 Å². The lowest BCUT2D eigenvalue weighted by molar-refractivity contribution is -0.149. The molecule has 2 saturated carbocycles. The van der Waals surface area contributed by atoms with Crippen molar-refractivity contribution in [2.45, 2.75) is 51.5 Å². The van der Waals surface area contributed by atoms with Crippen LogP contribution in [0.3, 0.4) is 0 Å². The fourth-order valence-electron chi connectivity index (χ4n) is 3.47. The molecule has 2 N–H and O–H groups in total. The first kappa shape index (κ1) is 13.9. The maximum Gasteiger partial charge on any atom is 0.243 e. The smallest absolute Gasteiger partial charge is 0.243 e. The van der Waals surface area contributed by atoms with Gasteiger partial charge in [0.25, 0.3) is 0 Å². The summed E-state index contributed by atoms with van der Waals surface area (Å²) in [4.78, 5) is 25.4. The van der Waals surface area contributed by atoms with Gasteiger partial charge in [-0.15, -0.1) is 0 Å². The summed E-state index contributed by atoms with van der Waals surface area (Å²) in [5.41, 5.74) is 4.35. The van der Waals surface area contributed by atoms with Gasteiger partial charge in [0.05, 0.1) is 12.6 Å². The molecule has 0 radical (unpaired) electrons. The van der Waals surface area contributed by atoms with Crippen molar-refractivity contribution in [2.75, 3.05) is 6.54 Å². The topological polar surface area (TPSA) is 87.2 Å². The number of carbonyl (C=O) groups excluding carboxylic acids is 2. The molecule has 0 spiro atoms. The molecule has 0 unspecified atom stereocenters. The Hall–Kier alpha value is -1.57. The summed E-state index contributed by atoms with van der Waals surface area (Å²) >= 11 is 0. The maximum absolute atomic E-state index is 12.6. The number of rotatable bonds is 4. The number of nitriles is 1. The Balaban J connectivity index is 2.15. The number of nitrogens with zero attached hydrogens (tertiary/aromatic N) is 2. The summed E-state index contributed by atoms with van der Waals surface area (Å²) in [6, 6.07) is 2.26. The minimum absolute atomic E-state index is 0.0543. The number of hydrogen-bond acceptors (Lipinski definition) is 3. The van der Waals surface area contributed by atoms with Crippen LogP contribution in [0.25, 0.3) is 0 Å². The second-order valence-electron chi connectivity index (χ2n) is 6.04. The zero-order valence-corrected chi connectivity index (χ0v) is 11.4. The average molecular weight is 263 g/mol. The van der Waals surface area contributed by atoms with Crippen LogP contribution in [0.1, 0.15) is 45.4 Å². The number of primary amides is 1. The molecule has 5 nitrogen and oxygen atoms in total. The van der Waals surface area contributed by atoms with E-state index in [9.17, 15) is 14.9 Å². The monoisotopic (exact) mass is 263 g/mol. The lowest BCUT2D eigenvalue weighted by Crippen LogP contribution is -2.54. The van der Waals surface area contributed by atoms with Crippen molar-refractivity contribution < 1.29 is 9.59 Å². The van der Waals surface area contributed by atoms with Crippen LogP contribution in [0.4, 0.5) is 0 Å². The fraction of sp³-hybridized carbons (Fsp3) is 0.786. The number of amides is 2. The van der Waals surface area contributed by atoms with E-state index in [4.69, 9.17) is 5.73 Å². The number of nitrogens with two attached hydrogens (primary N) is 1. The van der Waals surface area contributed by atoms with Crippen LogP contribution in [0.15, 0.2) is 0 Å². The van der Waals surface area contributed by atoms with Crippen LogP contribution in [0, 0.1) is 22.7 Å². The van der Waals surface area contributed by atoms with Crippen molar-refractivity contribution in [3.63, 3.8) is 0 Å². The van der Waals surface area contributed by atoms with Crippen molar-refractivity contribution in [2.24, 2.45) is 17.1 Å². The van der Waals surface area contributed by atoms with Crippen molar-refractivity contribution in [1.29, 1.82) is 5.26 Å². The van der Waals surface area contributed by atoms with Gasteiger partial charge >= 0.3 is 0 Å². The first-order valence-corrected chi connectivity index (χ1v) is 6.99. The molecule has 2 aliphatic carbocycles. The summed E-state index contributed by atoms with van der Waals surface area (Å²) in [6.45, 7) is 1.98. The van der Waals surface area contributed by atoms with Gasteiger partial charge in [-0.2, -0.15) is 5.26 Å². The van der Waals surface area contributed by atoms with Crippen LogP contribution in [-0.4, -0.2) is 29.3 Å². The molecule has 0 aromatic heterocycles. The molecule has 0 saturated heterocycles. The molecule has 0 atom stereocenters. The quantitative estimate of drug-likeness (QED) is 0.826.